The van der Waals surface area contributed by atoms with Gasteiger partial charge in [-0.25, -0.2) is 4.79 Å². The molecule has 6 heteroatoms. The van der Waals surface area contributed by atoms with Crippen molar-refractivity contribution in [2.45, 2.75) is 25.9 Å². The first-order valence-electron chi connectivity index (χ1n) is 9.80. The quantitative estimate of drug-likeness (QED) is 0.673. The molecule has 0 aromatic heterocycles. The zero-order chi connectivity index (χ0) is 20.8. The highest BCUT2D eigenvalue weighted by molar-refractivity contribution is 5.86. The van der Waals surface area contributed by atoms with Crippen LogP contribution < -0.4 is 4.74 Å². The average molecular weight is 396 g/mol. The van der Waals surface area contributed by atoms with Gasteiger partial charge in [0.25, 0.3) is 0 Å². The lowest BCUT2D eigenvalue weighted by Crippen LogP contribution is -2.51. The van der Waals surface area contributed by atoms with E-state index in [1.165, 1.54) is 12.7 Å². The second-order valence-corrected chi connectivity index (χ2v) is 7.43. The highest BCUT2D eigenvalue weighted by Crippen LogP contribution is 2.24. The number of aryl methyl sites for hydroxylation is 1. The number of hydrogen-bond acceptors (Lipinski definition) is 5. The van der Waals surface area contributed by atoms with Crippen LogP contribution in [-0.4, -0.2) is 61.6 Å². The molecule has 0 fully saturated rings. The molecule has 2 aromatic rings. The number of nitrogens with zero attached hydrogens (tertiary/aromatic N) is 2. The van der Waals surface area contributed by atoms with Gasteiger partial charge in [0.15, 0.2) is 0 Å². The lowest BCUT2D eigenvalue weighted by molar-refractivity contribution is -0.154. The van der Waals surface area contributed by atoms with Gasteiger partial charge < -0.3 is 14.4 Å². The number of carbonyl (C=O) groups is 2. The van der Waals surface area contributed by atoms with E-state index in [-0.39, 0.29) is 18.4 Å². The number of carbonyl (C=O) groups excluding carboxylic acids is 2. The summed E-state index contributed by atoms with van der Waals surface area (Å²) >= 11 is 0. The monoisotopic (exact) mass is 396 g/mol. The maximum atomic E-state index is 13.0. The van der Waals surface area contributed by atoms with E-state index < -0.39 is 6.04 Å². The summed E-state index contributed by atoms with van der Waals surface area (Å²) in [6, 6.07) is 15.2. The van der Waals surface area contributed by atoms with E-state index in [0.29, 0.717) is 26.1 Å². The highest BCUT2D eigenvalue weighted by Gasteiger charge is 2.35. The van der Waals surface area contributed by atoms with Crippen LogP contribution in [0.2, 0.25) is 0 Å². The molecule has 154 valence electrons. The number of amides is 1. The SMILES string of the molecule is COC(=O)C1Cc2ccccc2CN1C(=O)CN(C)CCOc1ccc(C)cc1. The number of likely N-dealkylation sites (N-methyl/N-ethyl adjacent to an activating group) is 1. The summed E-state index contributed by atoms with van der Waals surface area (Å²) in [5.41, 5.74) is 3.35. The first kappa shape index (κ1) is 20.9. The van der Waals surface area contributed by atoms with E-state index in [0.717, 1.165) is 16.9 Å². The normalized spacial score (nSPS) is 15.7. The number of rotatable bonds is 7. The fraction of sp³-hybridized carbons (Fsp3) is 0.391. The minimum Gasteiger partial charge on any atom is -0.492 e. The molecule has 29 heavy (non-hydrogen) atoms. The standard InChI is InChI=1S/C23H28N2O4/c1-17-8-10-20(11-9-17)29-13-12-24(2)16-22(26)25-15-19-7-5-4-6-18(19)14-21(25)23(27)28-3/h4-11,21H,12-16H2,1-3H3. The minimum atomic E-state index is -0.584. The molecule has 0 N–H and O–H groups in total. The van der Waals surface area contributed by atoms with Crippen molar-refractivity contribution in [2.75, 3.05) is 33.9 Å². The predicted octanol–water partition coefficient (Wildman–Crippen LogP) is 2.43. The van der Waals surface area contributed by atoms with Crippen molar-refractivity contribution in [2.24, 2.45) is 0 Å². The van der Waals surface area contributed by atoms with E-state index in [9.17, 15) is 9.59 Å². The lowest BCUT2D eigenvalue weighted by atomic mass is 9.94. The molecule has 0 spiro atoms. The molecule has 1 amide bonds. The van der Waals surface area contributed by atoms with Crippen molar-refractivity contribution >= 4 is 11.9 Å². The van der Waals surface area contributed by atoms with Crippen molar-refractivity contribution in [3.05, 3.63) is 65.2 Å². The molecule has 1 aliphatic heterocycles. The third-order valence-corrected chi connectivity index (χ3v) is 5.21. The minimum absolute atomic E-state index is 0.0901. The third-order valence-electron chi connectivity index (χ3n) is 5.21. The van der Waals surface area contributed by atoms with Crippen LogP contribution in [-0.2, 0) is 27.3 Å². The number of fused-ring (bicyclic) bond motifs is 1. The fourth-order valence-corrected chi connectivity index (χ4v) is 3.49. The maximum absolute atomic E-state index is 13.0. The third kappa shape index (κ3) is 5.35. The van der Waals surface area contributed by atoms with Crippen LogP contribution in [0.25, 0.3) is 0 Å². The smallest absolute Gasteiger partial charge is 0.328 e. The Kier molecular flexibility index (Phi) is 6.88. The molecule has 2 aromatic carbocycles. The number of ether oxygens (including phenoxy) is 2. The van der Waals surface area contributed by atoms with Crippen LogP contribution in [0.3, 0.4) is 0 Å². The van der Waals surface area contributed by atoms with Crippen LogP contribution in [0.4, 0.5) is 0 Å². The molecule has 1 unspecified atom stereocenters. The number of esters is 1. The van der Waals surface area contributed by atoms with Crippen molar-refractivity contribution in [1.29, 1.82) is 0 Å². The molecular weight excluding hydrogens is 368 g/mol. The lowest BCUT2D eigenvalue weighted by Gasteiger charge is -2.36. The van der Waals surface area contributed by atoms with Gasteiger partial charge in [-0.1, -0.05) is 42.0 Å². The summed E-state index contributed by atoms with van der Waals surface area (Å²) in [6.07, 6.45) is 0.481. The molecule has 0 saturated heterocycles. The fourth-order valence-electron chi connectivity index (χ4n) is 3.49. The summed E-state index contributed by atoms with van der Waals surface area (Å²) in [4.78, 5) is 28.8. The van der Waals surface area contributed by atoms with Crippen molar-refractivity contribution in [3.63, 3.8) is 0 Å². The van der Waals surface area contributed by atoms with Gasteiger partial charge in [0, 0.05) is 19.5 Å². The van der Waals surface area contributed by atoms with Gasteiger partial charge in [0.2, 0.25) is 5.91 Å². The van der Waals surface area contributed by atoms with Gasteiger partial charge in [-0.05, 0) is 37.2 Å². The average Bonchev–Trinajstić information content (AvgIpc) is 2.73. The van der Waals surface area contributed by atoms with Gasteiger partial charge in [-0.3, -0.25) is 9.69 Å². The number of benzene rings is 2. The Morgan fingerprint density at radius 1 is 1.10 bits per heavy atom. The zero-order valence-corrected chi connectivity index (χ0v) is 17.3. The molecule has 1 atom stereocenters. The van der Waals surface area contributed by atoms with E-state index in [2.05, 4.69) is 0 Å². The van der Waals surface area contributed by atoms with Crippen molar-refractivity contribution in [1.82, 2.24) is 9.80 Å². The van der Waals surface area contributed by atoms with Crippen LogP contribution in [0.1, 0.15) is 16.7 Å². The van der Waals surface area contributed by atoms with E-state index in [1.807, 2.05) is 67.4 Å². The van der Waals surface area contributed by atoms with Crippen molar-refractivity contribution < 1.29 is 19.1 Å². The van der Waals surface area contributed by atoms with E-state index in [1.54, 1.807) is 4.90 Å². The van der Waals surface area contributed by atoms with Crippen LogP contribution in [0.15, 0.2) is 48.5 Å². The summed E-state index contributed by atoms with van der Waals surface area (Å²) < 4.78 is 10.7. The summed E-state index contributed by atoms with van der Waals surface area (Å²) in [5.74, 6) is 0.347. The number of hydrogen-bond donors (Lipinski definition) is 0. The molecule has 0 aliphatic carbocycles. The van der Waals surface area contributed by atoms with Gasteiger partial charge in [-0.15, -0.1) is 0 Å². The molecule has 0 bridgehead atoms. The first-order valence-corrected chi connectivity index (χ1v) is 9.80. The Hall–Kier alpha value is -2.86. The molecule has 6 nitrogen and oxygen atoms in total. The summed E-state index contributed by atoms with van der Waals surface area (Å²) in [5, 5.41) is 0. The van der Waals surface area contributed by atoms with E-state index >= 15 is 0 Å². The Labute approximate surface area is 172 Å². The Morgan fingerprint density at radius 3 is 2.48 bits per heavy atom. The maximum Gasteiger partial charge on any atom is 0.328 e. The molecule has 0 saturated carbocycles. The zero-order valence-electron chi connectivity index (χ0n) is 17.3. The molecule has 3 rings (SSSR count). The Bertz CT molecular complexity index is 850. The van der Waals surface area contributed by atoms with Gasteiger partial charge >= 0.3 is 5.97 Å². The summed E-state index contributed by atoms with van der Waals surface area (Å²) in [7, 11) is 3.24. The topological polar surface area (TPSA) is 59.1 Å². The van der Waals surface area contributed by atoms with E-state index in [4.69, 9.17) is 9.47 Å². The van der Waals surface area contributed by atoms with Crippen molar-refractivity contribution in [3.8, 4) is 5.75 Å². The second-order valence-electron chi connectivity index (χ2n) is 7.43. The van der Waals surface area contributed by atoms with Crippen LogP contribution in [0, 0.1) is 6.92 Å². The Balaban J connectivity index is 1.57. The molecule has 0 radical (unpaired) electrons. The molecule has 1 aliphatic rings. The van der Waals surface area contributed by atoms with Crippen LogP contribution in [0.5, 0.6) is 5.75 Å². The predicted molar refractivity (Wildman–Crippen MR) is 111 cm³/mol. The molecule has 1 heterocycles. The van der Waals surface area contributed by atoms with Gasteiger partial charge in [0.05, 0.1) is 13.7 Å². The number of methoxy groups -OCH3 is 1. The second kappa shape index (κ2) is 9.56. The summed E-state index contributed by atoms with van der Waals surface area (Å²) in [6.45, 7) is 3.75. The highest BCUT2D eigenvalue weighted by atomic mass is 16.5. The molecular formula is C23H28N2O4. The van der Waals surface area contributed by atoms with Gasteiger partial charge in [-0.2, -0.15) is 0 Å². The van der Waals surface area contributed by atoms with Gasteiger partial charge in [0.1, 0.15) is 18.4 Å². The first-order chi connectivity index (χ1) is 14.0. The largest absolute Gasteiger partial charge is 0.492 e. The Morgan fingerprint density at radius 2 is 1.79 bits per heavy atom. The van der Waals surface area contributed by atoms with Crippen LogP contribution >= 0.6 is 0 Å².